The molecule has 70 valence electrons. The van der Waals surface area contributed by atoms with Crippen LogP contribution in [0.15, 0.2) is 11.6 Å². The number of nitrogens with zero attached hydrogens (tertiary/aromatic N) is 1. The molecule has 0 saturated heterocycles. The van der Waals surface area contributed by atoms with E-state index in [4.69, 9.17) is 9.05 Å². The van der Waals surface area contributed by atoms with Crippen molar-refractivity contribution in [2.75, 3.05) is 26.4 Å². The molecule has 0 fully saturated rings. The molecule has 0 aromatic rings. The first-order chi connectivity index (χ1) is 5.70. The molecule has 0 amide bonds. The van der Waals surface area contributed by atoms with Crippen LogP contribution in [0.1, 0.15) is 0 Å². The highest BCUT2D eigenvalue weighted by molar-refractivity contribution is 8.02. The zero-order valence-electron chi connectivity index (χ0n) is 7.10. The van der Waals surface area contributed by atoms with Crippen LogP contribution in [0, 0.1) is 0 Å². The maximum absolute atomic E-state index is 11.6. The molecule has 6 heteroatoms. The smallest absolute Gasteiger partial charge is 0.349 e. The summed E-state index contributed by atoms with van der Waals surface area (Å²) in [7, 11) is -0.0690. The topological polar surface area (TPSA) is 38.8 Å². The maximum Gasteiger partial charge on any atom is 0.349 e. The number of rotatable bonds is 4. The van der Waals surface area contributed by atoms with Crippen molar-refractivity contribution < 1.29 is 13.6 Å². The highest BCUT2D eigenvalue weighted by Gasteiger charge is 2.24. The fourth-order valence-corrected chi connectivity index (χ4v) is 2.68. The zero-order valence-corrected chi connectivity index (χ0v) is 8.81. The molecule has 0 aliphatic carbocycles. The Hall–Kier alpha value is 0.0400. The Morgan fingerprint density at radius 1 is 1.58 bits per heavy atom. The maximum atomic E-state index is 11.6. The van der Waals surface area contributed by atoms with Gasteiger partial charge in [-0.25, -0.2) is 0 Å². The van der Waals surface area contributed by atoms with Gasteiger partial charge in [-0.05, 0) is 5.41 Å². The van der Waals surface area contributed by atoms with Gasteiger partial charge in [0.1, 0.15) is 6.29 Å². The molecule has 1 rings (SSSR count). The average Bonchev–Trinajstić information content (AvgIpc) is 2.57. The Morgan fingerprint density at radius 3 is 2.67 bits per heavy atom. The van der Waals surface area contributed by atoms with E-state index in [1.54, 1.807) is 11.8 Å². The lowest BCUT2D eigenvalue weighted by Crippen LogP contribution is -2.16. The van der Waals surface area contributed by atoms with Crippen LogP contribution in [-0.2, 0) is 13.6 Å². The minimum atomic E-state index is -2.87. The molecule has 12 heavy (non-hydrogen) atoms. The number of hydrogen-bond donors (Lipinski definition) is 0. The molecule has 0 aromatic heterocycles. The molecule has 0 aromatic carbocycles. The van der Waals surface area contributed by atoms with E-state index in [-0.39, 0.29) is 0 Å². The van der Waals surface area contributed by atoms with E-state index < -0.39 is 7.60 Å². The zero-order chi connectivity index (χ0) is 9.03. The molecule has 1 heterocycles. The summed E-state index contributed by atoms with van der Waals surface area (Å²) >= 11 is 1.66. The Morgan fingerprint density at radius 2 is 2.25 bits per heavy atom. The summed E-state index contributed by atoms with van der Waals surface area (Å²) in [5.74, 6) is 0.816. The third kappa shape index (κ3) is 2.52. The summed E-state index contributed by atoms with van der Waals surface area (Å²) < 4.78 is 21.2. The minimum absolute atomic E-state index is 0.323. The van der Waals surface area contributed by atoms with Crippen LogP contribution in [0.2, 0.25) is 0 Å². The van der Waals surface area contributed by atoms with Crippen LogP contribution in [0.25, 0.3) is 0 Å². The van der Waals surface area contributed by atoms with Crippen molar-refractivity contribution in [2.45, 2.75) is 0 Å². The first kappa shape index (κ1) is 10.1. The molecule has 0 atom stereocenters. The van der Waals surface area contributed by atoms with Crippen molar-refractivity contribution in [3.8, 4) is 0 Å². The number of thioether (sulfide) groups is 1. The molecule has 0 bridgehead atoms. The van der Waals surface area contributed by atoms with Gasteiger partial charge < -0.3 is 13.9 Å². The molecular weight excluding hydrogens is 197 g/mol. The summed E-state index contributed by atoms with van der Waals surface area (Å²) in [4.78, 5) is 1.90. The van der Waals surface area contributed by atoms with E-state index in [0.717, 1.165) is 5.88 Å². The van der Waals surface area contributed by atoms with Gasteiger partial charge in [0.2, 0.25) is 0 Å². The Balaban J connectivity index is 2.47. The van der Waals surface area contributed by atoms with Crippen molar-refractivity contribution in [3.63, 3.8) is 0 Å². The van der Waals surface area contributed by atoms with Gasteiger partial charge in [-0.15, -0.1) is 11.8 Å². The summed E-state index contributed by atoms with van der Waals surface area (Å²) in [6.45, 7) is 0. The van der Waals surface area contributed by atoms with E-state index in [9.17, 15) is 4.57 Å². The van der Waals surface area contributed by atoms with Gasteiger partial charge in [0.05, 0.1) is 5.88 Å². The second-order valence-corrected chi connectivity index (χ2v) is 5.39. The van der Waals surface area contributed by atoms with Gasteiger partial charge in [-0.3, -0.25) is 4.57 Å². The Labute approximate surface area is 76.4 Å². The van der Waals surface area contributed by atoms with Crippen LogP contribution < -0.4 is 0 Å². The van der Waals surface area contributed by atoms with Gasteiger partial charge in [0.25, 0.3) is 0 Å². The quantitative estimate of drug-likeness (QED) is 0.661. The lowest BCUT2D eigenvalue weighted by atomic mass is 10.9. The second kappa shape index (κ2) is 4.33. The molecule has 1 aliphatic rings. The Kier molecular flexibility index (Phi) is 3.65. The van der Waals surface area contributed by atoms with Crippen molar-refractivity contribution >= 4 is 19.4 Å². The van der Waals surface area contributed by atoms with Crippen molar-refractivity contribution in [1.82, 2.24) is 4.90 Å². The predicted molar refractivity (Wildman–Crippen MR) is 49.9 cm³/mol. The monoisotopic (exact) mass is 209 g/mol. The normalized spacial score (nSPS) is 17.3. The summed E-state index contributed by atoms with van der Waals surface area (Å²) in [5.41, 5.74) is 0. The van der Waals surface area contributed by atoms with Gasteiger partial charge in [-0.2, -0.15) is 0 Å². The van der Waals surface area contributed by atoms with Crippen LogP contribution in [0.3, 0.4) is 0 Å². The van der Waals surface area contributed by atoms with E-state index in [2.05, 4.69) is 0 Å². The molecular formula is C6H12NO3PS. The first-order valence-corrected chi connectivity index (χ1v) is 6.21. The third-order valence-electron chi connectivity index (χ3n) is 1.52. The molecule has 0 radical (unpaired) electrons. The largest absolute Gasteiger partial charge is 0.356 e. The predicted octanol–water partition coefficient (Wildman–Crippen LogP) is 1.91. The van der Waals surface area contributed by atoms with Gasteiger partial charge in [0, 0.05) is 20.4 Å². The third-order valence-corrected chi connectivity index (χ3v) is 4.14. The fraction of sp³-hybridized carbons (Fsp3) is 0.667. The number of hydrogen-bond acceptors (Lipinski definition) is 5. The molecule has 1 aliphatic heterocycles. The van der Waals surface area contributed by atoms with Crippen LogP contribution in [0.4, 0.5) is 0 Å². The van der Waals surface area contributed by atoms with Crippen molar-refractivity contribution in [2.24, 2.45) is 0 Å². The van der Waals surface area contributed by atoms with Gasteiger partial charge in [0.15, 0.2) is 0 Å². The van der Waals surface area contributed by atoms with Crippen molar-refractivity contribution in [3.05, 3.63) is 11.6 Å². The lowest BCUT2D eigenvalue weighted by molar-refractivity contribution is 0.261. The minimum Gasteiger partial charge on any atom is -0.356 e. The van der Waals surface area contributed by atoms with E-state index in [1.807, 2.05) is 16.5 Å². The summed E-state index contributed by atoms with van der Waals surface area (Å²) in [6.07, 6.45) is 2.21. The molecule has 0 N–H and O–H groups in total. The lowest BCUT2D eigenvalue weighted by Gasteiger charge is -2.20. The summed E-state index contributed by atoms with van der Waals surface area (Å²) in [5, 5.41) is 1.95. The van der Waals surface area contributed by atoms with E-state index >= 15 is 0 Å². The van der Waals surface area contributed by atoms with E-state index in [1.165, 1.54) is 14.2 Å². The second-order valence-electron chi connectivity index (χ2n) is 2.29. The standard InChI is InChI=1S/C6H12NO3PS/c1-9-11(8,10-2)5-7-3-4-12-6-7/h3-4H,5-6H2,1-2H3. The van der Waals surface area contributed by atoms with Gasteiger partial charge >= 0.3 is 7.60 Å². The fourth-order valence-electron chi connectivity index (χ4n) is 0.811. The molecule has 4 nitrogen and oxygen atoms in total. The molecule has 0 unspecified atom stereocenters. The SMILES string of the molecule is COP(=O)(CN1C=CSC1)OC. The molecule has 0 spiro atoms. The highest BCUT2D eigenvalue weighted by Crippen LogP contribution is 2.47. The van der Waals surface area contributed by atoms with Crippen LogP contribution >= 0.6 is 19.4 Å². The molecule has 0 saturated carbocycles. The summed E-state index contributed by atoms with van der Waals surface area (Å²) in [6, 6.07) is 0. The van der Waals surface area contributed by atoms with E-state index in [0.29, 0.717) is 6.29 Å². The average molecular weight is 209 g/mol. The van der Waals surface area contributed by atoms with Gasteiger partial charge in [-0.1, -0.05) is 0 Å². The highest BCUT2D eigenvalue weighted by atomic mass is 32.2. The van der Waals surface area contributed by atoms with Crippen LogP contribution in [-0.4, -0.2) is 31.3 Å². The van der Waals surface area contributed by atoms with Crippen LogP contribution in [0.5, 0.6) is 0 Å². The Bertz CT molecular complexity index is 213. The van der Waals surface area contributed by atoms with Crippen molar-refractivity contribution in [1.29, 1.82) is 0 Å². The first-order valence-electron chi connectivity index (χ1n) is 3.43.